The van der Waals surface area contributed by atoms with Gasteiger partial charge in [0.1, 0.15) is 28.8 Å². The molecule has 5 rings (SSSR count). The van der Waals surface area contributed by atoms with Crippen LogP contribution in [0.1, 0.15) is 11.1 Å². The second kappa shape index (κ2) is 12.2. The maximum absolute atomic E-state index is 6.93. The highest BCUT2D eigenvalue weighted by Crippen LogP contribution is 2.50. The largest absolute Gasteiger partial charge is 0.552 e. The van der Waals surface area contributed by atoms with Crippen LogP contribution in [0.5, 0.6) is 28.7 Å². The molecule has 1 unspecified atom stereocenters. The first-order chi connectivity index (χ1) is 19.6. The number of anilines is 1. The van der Waals surface area contributed by atoms with E-state index in [0.29, 0.717) is 34.4 Å². The lowest BCUT2D eigenvalue weighted by Gasteiger charge is -2.20. The molecule has 4 aromatic rings. The molecule has 0 fully saturated rings. The molecule has 8 heteroatoms. The van der Waals surface area contributed by atoms with Gasteiger partial charge in [-0.15, -0.1) is 0 Å². The number of hydrogen-bond acceptors (Lipinski definition) is 7. The second-order valence-corrected chi connectivity index (χ2v) is 11.1. The zero-order valence-corrected chi connectivity index (χ0v) is 24.0. The predicted octanol–water partition coefficient (Wildman–Crippen LogP) is 4.32. The Morgan fingerprint density at radius 2 is 1.35 bits per heavy atom. The van der Waals surface area contributed by atoms with Crippen molar-refractivity contribution in [1.29, 1.82) is 0 Å². The molecule has 40 heavy (non-hydrogen) atoms. The summed E-state index contributed by atoms with van der Waals surface area (Å²) in [5.41, 5.74) is 9.39. The lowest BCUT2D eigenvalue weighted by atomic mass is 9.94. The normalized spacial score (nSPS) is 14.2. The van der Waals surface area contributed by atoms with E-state index >= 15 is 0 Å². The van der Waals surface area contributed by atoms with Crippen LogP contribution in [-0.2, 0) is 4.43 Å². The van der Waals surface area contributed by atoms with Crippen molar-refractivity contribution < 1.29 is 28.1 Å². The van der Waals surface area contributed by atoms with Gasteiger partial charge in [0.25, 0.3) is 0 Å². The Hall–Kier alpha value is -4.40. The number of ether oxygens (including phenoxy) is 5. The number of hydrogen-bond donors (Lipinski definition) is 1. The highest BCUT2D eigenvalue weighted by molar-refractivity contribution is 6.80. The smallest absolute Gasteiger partial charge is 0.495 e. The highest BCUT2D eigenvalue weighted by atomic mass is 28.3. The molecular weight excluding hydrogens is 522 g/mol. The van der Waals surface area contributed by atoms with Crippen LogP contribution in [0.4, 0.5) is 5.69 Å². The lowest BCUT2D eigenvalue weighted by Crippen LogP contribution is -2.47. The zero-order valence-electron chi connectivity index (χ0n) is 23.0. The summed E-state index contributed by atoms with van der Waals surface area (Å²) in [4.78, 5) is 0. The molecule has 0 spiro atoms. The van der Waals surface area contributed by atoms with E-state index in [-0.39, 0.29) is 12.7 Å². The van der Waals surface area contributed by atoms with Gasteiger partial charge in [0.15, 0.2) is 11.5 Å². The van der Waals surface area contributed by atoms with Gasteiger partial charge in [-0.2, -0.15) is 0 Å². The van der Waals surface area contributed by atoms with Crippen LogP contribution in [0.2, 0.25) is 0 Å². The summed E-state index contributed by atoms with van der Waals surface area (Å²) in [6.07, 6.45) is 1.70. The number of nitrogens with two attached hydrogens (primary N) is 1. The van der Waals surface area contributed by atoms with Crippen LogP contribution in [-0.4, -0.2) is 50.2 Å². The summed E-state index contributed by atoms with van der Waals surface area (Å²) in [5.74, 6) is 2.56. The maximum Gasteiger partial charge on any atom is 0.552 e. The van der Waals surface area contributed by atoms with Crippen molar-refractivity contribution in [1.82, 2.24) is 0 Å². The van der Waals surface area contributed by atoms with E-state index in [1.165, 1.54) is 0 Å². The minimum Gasteiger partial charge on any atom is -0.495 e. The molecule has 1 atom stereocenters. The van der Waals surface area contributed by atoms with Crippen molar-refractivity contribution in [2.45, 2.75) is 6.10 Å². The SMILES string of the molecule is COc1ccc(C2=CC(O[Si+](c3ccccc3)c3ccccc3)COc3c2cc(OC)c(OC)c3OC)cc1N. The molecule has 0 radical (unpaired) electrons. The Balaban J connectivity index is 1.66. The van der Waals surface area contributed by atoms with Crippen molar-refractivity contribution in [3.8, 4) is 28.7 Å². The third-order valence-corrected chi connectivity index (χ3v) is 8.95. The van der Waals surface area contributed by atoms with Crippen LogP contribution in [0.15, 0.2) is 91.0 Å². The minimum atomic E-state index is -1.61. The Labute approximate surface area is 236 Å². The summed E-state index contributed by atoms with van der Waals surface area (Å²) in [5, 5.41) is 2.29. The molecule has 0 bridgehead atoms. The molecule has 0 amide bonds. The van der Waals surface area contributed by atoms with Gasteiger partial charge in [0, 0.05) is 5.56 Å². The third kappa shape index (κ3) is 5.36. The highest BCUT2D eigenvalue weighted by Gasteiger charge is 2.40. The fourth-order valence-corrected chi connectivity index (χ4v) is 6.85. The molecule has 0 aromatic heterocycles. The Bertz CT molecular complexity index is 1450. The van der Waals surface area contributed by atoms with E-state index < -0.39 is 9.04 Å². The topological polar surface area (TPSA) is 81.4 Å². The van der Waals surface area contributed by atoms with Gasteiger partial charge in [-0.3, -0.25) is 0 Å². The van der Waals surface area contributed by atoms with Gasteiger partial charge in [0.2, 0.25) is 11.5 Å². The quantitative estimate of drug-likeness (QED) is 0.244. The lowest BCUT2D eigenvalue weighted by molar-refractivity contribution is 0.166. The van der Waals surface area contributed by atoms with Crippen LogP contribution >= 0.6 is 0 Å². The van der Waals surface area contributed by atoms with Crippen LogP contribution in [0.25, 0.3) is 5.57 Å². The van der Waals surface area contributed by atoms with Gasteiger partial charge < -0.3 is 29.4 Å². The molecule has 1 heterocycles. The Kier molecular flexibility index (Phi) is 8.28. The van der Waals surface area contributed by atoms with Crippen LogP contribution < -0.4 is 39.8 Å². The van der Waals surface area contributed by atoms with E-state index in [2.05, 4.69) is 30.3 Å². The van der Waals surface area contributed by atoms with Gasteiger partial charge in [-0.1, -0.05) is 42.5 Å². The first-order valence-electron chi connectivity index (χ1n) is 12.8. The van der Waals surface area contributed by atoms with Gasteiger partial charge in [-0.25, -0.2) is 4.43 Å². The minimum absolute atomic E-state index is 0.266. The van der Waals surface area contributed by atoms with E-state index in [9.17, 15) is 0 Å². The zero-order chi connectivity index (χ0) is 28.1. The molecule has 7 nitrogen and oxygen atoms in total. The summed E-state index contributed by atoms with van der Waals surface area (Å²) in [7, 11) is 4.74. The molecule has 4 aromatic carbocycles. The number of methoxy groups -OCH3 is 4. The van der Waals surface area contributed by atoms with Gasteiger partial charge in [0.05, 0.1) is 34.1 Å². The van der Waals surface area contributed by atoms with E-state index in [0.717, 1.165) is 27.1 Å². The Morgan fingerprint density at radius 3 is 1.90 bits per heavy atom. The molecular formula is C32H32NO6Si+. The number of rotatable bonds is 9. The molecule has 204 valence electrons. The van der Waals surface area contributed by atoms with Crippen molar-refractivity contribution >= 4 is 30.7 Å². The first kappa shape index (κ1) is 27.2. The summed E-state index contributed by atoms with van der Waals surface area (Å²) in [6.45, 7) is 0.266. The van der Waals surface area contributed by atoms with Crippen molar-refractivity contribution in [3.63, 3.8) is 0 Å². The van der Waals surface area contributed by atoms with E-state index in [4.69, 9.17) is 33.8 Å². The average molecular weight is 555 g/mol. The fraction of sp³-hybridized carbons (Fsp3) is 0.188. The summed E-state index contributed by atoms with van der Waals surface area (Å²) < 4.78 is 35.9. The second-order valence-electron chi connectivity index (χ2n) is 9.09. The number of fused-ring (bicyclic) bond motifs is 1. The summed E-state index contributed by atoms with van der Waals surface area (Å²) >= 11 is 0. The molecule has 2 N–H and O–H groups in total. The van der Waals surface area contributed by atoms with Crippen molar-refractivity contribution in [2.75, 3.05) is 40.8 Å². The van der Waals surface area contributed by atoms with Crippen molar-refractivity contribution in [3.05, 3.63) is 102 Å². The van der Waals surface area contributed by atoms with Crippen molar-refractivity contribution in [2.24, 2.45) is 0 Å². The van der Waals surface area contributed by atoms with Crippen LogP contribution in [0.3, 0.4) is 0 Å². The van der Waals surface area contributed by atoms with E-state index in [1.807, 2.05) is 60.7 Å². The molecule has 0 saturated heterocycles. The van der Waals surface area contributed by atoms with Gasteiger partial charge in [-0.05, 0) is 59.7 Å². The monoisotopic (exact) mass is 554 g/mol. The van der Waals surface area contributed by atoms with Crippen LogP contribution in [0, 0.1) is 0 Å². The standard InChI is InChI=1S/C32H32NO6Si/c1-34-28-16-15-21(17-27(28)33)25-18-22(20-38-30-26(25)19-29(35-2)31(36-3)32(30)37-4)39-40(23-11-7-5-8-12-23)24-13-9-6-10-14-24/h5-19,22H,20,33H2,1-4H3/q+1. The predicted molar refractivity (Wildman–Crippen MR) is 159 cm³/mol. The molecule has 0 saturated carbocycles. The molecule has 1 aliphatic heterocycles. The van der Waals surface area contributed by atoms with Gasteiger partial charge >= 0.3 is 9.04 Å². The number of benzene rings is 4. The molecule has 1 aliphatic rings. The third-order valence-electron chi connectivity index (χ3n) is 6.70. The maximum atomic E-state index is 6.93. The summed E-state index contributed by atoms with van der Waals surface area (Å²) in [6, 6.07) is 28.2. The fourth-order valence-electron chi connectivity index (χ4n) is 4.82. The number of nitrogen functional groups attached to an aromatic ring is 1. The molecule has 0 aliphatic carbocycles. The van der Waals surface area contributed by atoms with E-state index in [1.54, 1.807) is 28.4 Å². The Morgan fingerprint density at radius 1 is 0.725 bits per heavy atom. The average Bonchev–Trinajstić information content (AvgIpc) is 3.18. The first-order valence-corrected chi connectivity index (χ1v) is 14.2.